The fourth-order valence-electron chi connectivity index (χ4n) is 3.24. The number of rotatable bonds is 0. The largest absolute Gasteiger partial charge is 0.404 e. The van der Waals surface area contributed by atoms with Crippen molar-refractivity contribution in [1.82, 2.24) is 0 Å². The Morgan fingerprint density at radius 2 is 1.91 bits per heavy atom. The van der Waals surface area contributed by atoms with Crippen LogP contribution in [0.3, 0.4) is 0 Å². The van der Waals surface area contributed by atoms with Gasteiger partial charge in [0.15, 0.2) is 0 Å². The SMILES string of the molecule is FC(F)(F)C1SC2CSCCN2c2c1ccc1ccccc21. The lowest BCUT2D eigenvalue weighted by molar-refractivity contribution is -0.130. The first-order valence-corrected chi connectivity index (χ1v) is 9.23. The number of hydrogen-bond donors (Lipinski definition) is 0. The van der Waals surface area contributed by atoms with Gasteiger partial charge in [-0.2, -0.15) is 24.9 Å². The highest BCUT2D eigenvalue weighted by Gasteiger charge is 2.48. The van der Waals surface area contributed by atoms with Gasteiger partial charge in [-0.3, -0.25) is 0 Å². The number of benzene rings is 2. The van der Waals surface area contributed by atoms with Crippen LogP contribution in [-0.2, 0) is 0 Å². The molecule has 2 aromatic rings. The number of thioether (sulfide) groups is 2. The van der Waals surface area contributed by atoms with Crippen LogP contribution in [0.25, 0.3) is 10.8 Å². The summed E-state index contributed by atoms with van der Waals surface area (Å²) in [5.74, 6) is 1.72. The van der Waals surface area contributed by atoms with Crippen LogP contribution < -0.4 is 4.90 Å². The number of halogens is 3. The highest BCUT2D eigenvalue weighted by atomic mass is 32.2. The number of anilines is 1. The van der Waals surface area contributed by atoms with Crippen molar-refractivity contribution >= 4 is 40.0 Å². The second-order valence-electron chi connectivity index (χ2n) is 5.51. The minimum absolute atomic E-state index is 0.0938. The third kappa shape index (κ3) is 2.27. The number of alkyl halides is 3. The molecule has 0 radical (unpaired) electrons. The van der Waals surface area contributed by atoms with Crippen molar-refractivity contribution < 1.29 is 13.2 Å². The van der Waals surface area contributed by atoms with Gasteiger partial charge < -0.3 is 4.90 Å². The Morgan fingerprint density at radius 3 is 2.73 bits per heavy atom. The molecule has 116 valence electrons. The molecule has 2 heterocycles. The molecule has 0 bridgehead atoms. The quantitative estimate of drug-likeness (QED) is 0.659. The molecule has 2 aromatic carbocycles. The van der Waals surface area contributed by atoms with E-state index in [2.05, 4.69) is 4.90 Å². The highest BCUT2D eigenvalue weighted by Crippen LogP contribution is 2.55. The topological polar surface area (TPSA) is 3.24 Å². The van der Waals surface area contributed by atoms with Gasteiger partial charge in [0.25, 0.3) is 0 Å². The molecule has 2 aliphatic heterocycles. The Kier molecular flexibility index (Phi) is 3.49. The van der Waals surface area contributed by atoms with E-state index in [-0.39, 0.29) is 5.37 Å². The molecule has 4 rings (SSSR count). The third-order valence-corrected chi connectivity index (χ3v) is 6.94. The van der Waals surface area contributed by atoms with Gasteiger partial charge in [0.2, 0.25) is 0 Å². The summed E-state index contributed by atoms with van der Waals surface area (Å²) in [6, 6.07) is 11.2. The van der Waals surface area contributed by atoms with Crippen molar-refractivity contribution in [3.8, 4) is 0 Å². The fraction of sp³-hybridized carbons (Fsp3) is 0.375. The molecule has 0 aliphatic carbocycles. The lowest BCUT2D eigenvalue weighted by Crippen LogP contribution is -2.45. The Labute approximate surface area is 135 Å². The van der Waals surface area contributed by atoms with Crippen LogP contribution >= 0.6 is 23.5 Å². The maximum atomic E-state index is 13.5. The van der Waals surface area contributed by atoms with E-state index in [1.165, 1.54) is 0 Å². The Hall–Kier alpha value is -1.01. The maximum absolute atomic E-state index is 13.5. The molecule has 6 heteroatoms. The number of hydrogen-bond acceptors (Lipinski definition) is 3. The normalized spacial score (nSPS) is 25.0. The summed E-state index contributed by atoms with van der Waals surface area (Å²) in [7, 11) is 0. The van der Waals surface area contributed by atoms with Gasteiger partial charge in [-0.15, -0.1) is 11.8 Å². The second kappa shape index (κ2) is 5.27. The Balaban J connectivity index is 1.97. The van der Waals surface area contributed by atoms with Crippen LogP contribution in [0.4, 0.5) is 18.9 Å². The summed E-state index contributed by atoms with van der Waals surface area (Å²) in [4.78, 5) is 2.18. The molecule has 22 heavy (non-hydrogen) atoms. The summed E-state index contributed by atoms with van der Waals surface area (Å²) in [5.41, 5.74) is 1.21. The summed E-state index contributed by atoms with van der Waals surface area (Å²) >= 11 is 2.80. The molecule has 1 fully saturated rings. The molecule has 1 nitrogen and oxygen atoms in total. The van der Waals surface area contributed by atoms with E-state index < -0.39 is 11.4 Å². The van der Waals surface area contributed by atoms with Crippen molar-refractivity contribution in [3.63, 3.8) is 0 Å². The van der Waals surface area contributed by atoms with Gasteiger partial charge in [-0.1, -0.05) is 36.4 Å². The van der Waals surface area contributed by atoms with Crippen LogP contribution in [0.5, 0.6) is 0 Å². The zero-order valence-corrected chi connectivity index (χ0v) is 13.3. The van der Waals surface area contributed by atoms with Crippen LogP contribution in [0.1, 0.15) is 10.8 Å². The molecule has 0 spiro atoms. The van der Waals surface area contributed by atoms with Crippen LogP contribution in [0, 0.1) is 0 Å². The third-order valence-electron chi connectivity index (χ3n) is 4.18. The molecule has 2 atom stereocenters. The van der Waals surface area contributed by atoms with E-state index >= 15 is 0 Å². The highest BCUT2D eigenvalue weighted by molar-refractivity contribution is 8.03. The van der Waals surface area contributed by atoms with Gasteiger partial charge in [0.05, 0.1) is 11.1 Å². The van der Waals surface area contributed by atoms with E-state index in [0.29, 0.717) is 5.56 Å². The van der Waals surface area contributed by atoms with E-state index in [1.807, 2.05) is 30.3 Å². The van der Waals surface area contributed by atoms with E-state index in [4.69, 9.17) is 0 Å². The summed E-state index contributed by atoms with van der Waals surface area (Å²) < 4.78 is 40.6. The van der Waals surface area contributed by atoms with Gasteiger partial charge in [0.1, 0.15) is 5.25 Å². The average Bonchev–Trinajstić information content (AvgIpc) is 2.52. The van der Waals surface area contributed by atoms with Crippen molar-refractivity contribution in [2.24, 2.45) is 0 Å². The molecule has 2 aliphatic rings. The number of nitrogens with zero attached hydrogens (tertiary/aromatic N) is 1. The fourth-order valence-corrected chi connectivity index (χ4v) is 5.88. The number of fused-ring (bicyclic) bond motifs is 5. The van der Waals surface area contributed by atoms with Gasteiger partial charge in [0, 0.05) is 23.4 Å². The lowest BCUT2D eigenvalue weighted by Gasteiger charge is -2.45. The summed E-state index contributed by atoms with van der Waals surface area (Å²) in [5, 5.41) is 0.424. The van der Waals surface area contributed by atoms with Crippen molar-refractivity contribution in [1.29, 1.82) is 0 Å². The lowest BCUT2D eigenvalue weighted by atomic mass is 9.99. The Morgan fingerprint density at radius 1 is 1.09 bits per heavy atom. The van der Waals surface area contributed by atoms with Crippen LogP contribution in [0.2, 0.25) is 0 Å². The second-order valence-corrected chi connectivity index (χ2v) is 7.94. The Bertz CT molecular complexity index is 716. The summed E-state index contributed by atoms with van der Waals surface area (Å²) in [6.45, 7) is 0.813. The molecule has 0 N–H and O–H groups in total. The average molecular weight is 341 g/mol. The van der Waals surface area contributed by atoms with Crippen molar-refractivity contribution in [3.05, 3.63) is 42.0 Å². The molecule has 1 saturated heterocycles. The zero-order valence-electron chi connectivity index (χ0n) is 11.6. The predicted octanol–water partition coefficient (Wildman–Crippen LogP) is 5.07. The first-order chi connectivity index (χ1) is 10.6. The van der Waals surface area contributed by atoms with Crippen molar-refractivity contribution in [2.45, 2.75) is 16.8 Å². The first kappa shape index (κ1) is 14.6. The van der Waals surface area contributed by atoms with E-state index in [1.54, 1.807) is 17.8 Å². The molecule has 0 aromatic heterocycles. The predicted molar refractivity (Wildman–Crippen MR) is 88.8 cm³/mol. The van der Waals surface area contributed by atoms with Gasteiger partial charge in [-0.25, -0.2) is 0 Å². The van der Waals surface area contributed by atoms with E-state index in [0.717, 1.165) is 46.3 Å². The smallest absolute Gasteiger partial charge is 0.357 e. The summed E-state index contributed by atoms with van der Waals surface area (Å²) in [6.07, 6.45) is -4.21. The van der Waals surface area contributed by atoms with Gasteiger partial charge in [-0.05, 0) is 10.9 Å². The van der Waals surface area contributed by atoms with Gasteiger partial charge >= 0.3 is 6.18 Å². The minimum atomic E-state index is -4.21. The standard InChI is InChI=1S/C16H14F3NS2/c17-16(18,19)15-12-6-5-10-3-1-2-4-11(10)14(12)20-7-8-21-9-13(20)22-15/h1-6,13,15H,7-9H2. The van der Waals surface area contributed by atoms with Crippen LogP contribution in [0.15, 0.2) is 36.4 Å². The molecule has 0 saturated carbocycles. The molecular weight excluding hydrogens is 327 g/mol. The maximum Gasteiger partial charge on any atom is 0.404 e. The molecule has 2 unspecified atom stereocenters. The van der Waals surface area contributed by atoms with Crippen LogP contribution in [-0.4, -0.2) is 29.6 Å². The zero-order chi connectivity index (χ0) is 15.3. The van der Waals surface area contributed by atoms with E-state index in [9.17, 15) is 13.2 Å². The first-order valence-electron chi connectivity index (χ1n) is 7.14. The van der Waals surface area contributed by atoms with Crippen molar-refractivity contribution in [2.75, 3.05) is 23.0 Å². The molecular formula is C16H14F3NS2. The minimum Gasteiger partial charge on any atom is -0.357 e. The monoisotopic (exact) mass is 341 g/mol. The molecule has 0 amide bonds.